The van der Waals surface area contributed by atoms with E-state index in [0.29, 0.717) is 17.0 Å². The normalized spacial score (nSPS) is 24.4. The van der Waals surface area contributed by atoms with Gasteiger partial charge in [-0.1, -0.05) is 39.7 Å². The molecule has 3 nitrogen and oxygen atoms in total. The van der Waals surface area contributed by atoms with Crippen LogP contribution in [0.25, 0.3) is 0 Å². The van der Waals surface area contributed by atoms with Crippen molar-refractivity contribution < 1.29 is 14.2 Å². The predicted octanol–water partition coefficient (Wildman–Crippen LogP) is 4.68. The van der Waals surface area contributed by atoms with Crippen LogP contribution in [0.2, 0.25) is 5.02 Å². The van der Waals surface area contributed by atoms with Crippen molar-refractivity contribution in [1.29, 1.82) is 0 Å². The summed E-state index contributed by atoms with van der Waals surface area (Å²) < 4.78 is 17.4. The number of rotatable bonds is 4. The van der Waals surface area contributed by atoms with Gasteiger partial charge in [-0.15, -0.1) is 0 Å². The molecule has 0 N–H and O–H groups in total. The average Bonchev–Trinajstić information content (AvgIpc) is 3.01. The Labute approximate surface area is 143 Å². The van der Waals surface area contributed by atoms with Crippen LogP contribution in [-0.2, 0) is 15.3 Å². The third kappa shape index (κ3) is 3.01. The van der Waals surface area contributed by atoms with Crippen LogP contribution in [0.15, 0.2) is 48.5 Å². The molecule has 0 aliphatic carbocycles. The summed E-state index contributed by atoms with van der Waals surface area (Å²) in [5, 5.41) is 1.26. The number of ether oxygens (including phenoxy) is 3. The van der Waals surface area contributed by atoms with E-state index in [1.54, 1.807) is 7.11 Å². The molecule has 0 spiro atoms. The molecular formula is C17H16BrClO3. The average molecular weight is 384 g/mol. The molecular weight excluding hydrogens is 368 g/mol. The monoisotopic (exact) mass is 382 g/mol. The molecule has 22 heavy (non-hydrogen) atoms. The highest BCUT2D eigenvalue weighted by atomic mass is 79.9. The smallest absolute Gasteiger partial charge is 0.205 e. The zero-order valence-electron chi connectivity index (χ0n) is 12.1. The van der Waals surface area contributed by atoms with Crippen LogP contribution in [-0.4, -0.2) is 19.0 Å². The van der Waals surface area contributed by atoms with E-state index in [0.717, 1.165) is 16.9 Å². The van der Waals surface area contributed by atoms with Crippen LogP contribution in [0.3, 0.4) is 0 Å². The molecule has 0 radical (unpaired) electrons. The van der Waals surface area contributed by atoms with Crippen molar-refractivity contribution >= 4 is 27.5 Å². The minimum atomic E-state index is -0.781. The first-order valence-corrected chi connectivity index (χ1v) is 8.44. The predicted molar refractivity (Wildman–Crippen MR) is 89.7 cm³/mol. The van der Waals surface area contributed by atoms with Gasteiger partial charge in [0.15, 0.2) is 0 Å². The second-order valence-electron chi connectivity index (χ2n) is 5.08. The highest BCUT2D eigenvalue weighted by molar-refractivity contribution is 9.09. The van der Waals surface area contributed by atoms with Crippen LogP contribution in [0, 0.1) is 0 Å². The Morgan fingerprint density at radius 2 is 1.86 bits per heavy atom. The van der Waals surface area contributed by atoms with E-state index in [1.165, 1.54) is 0 Å². The number of benzene rings is 2. The van der Waals surface area contributed by atoms with Crippen LogP contribution in [0.4, 0.5) is 0 Å². The third-order valence-corrected chi connectivity index (χ3v) is 4.74. The number of methoxy groups -OCH3 is 1. The maximum absolute atomic E-state index is 6.23. The van der Waals surface area contributed by atoms with Crippen molar-refractivity contribution in [2.45, 2.75) is 11.9 Å². The van der Waals surface area contributed by atoms with E-state index in [1.807, 2.05) is 48.5 Å². The van der Waals surface area contributed by atoms with Crippen LogP contribution < -0.4 is 4.74 Å². The van der Waals surface area contributed by atoms with Gasteiger partial charge in [-0.25, -0.2) is 0 Å². The van der Waals surface area contributed by atoms with Gasteiger partial charge in [-0.05, 0) is 42.0 Å². The SMILES string of the molecule is COc1ccc([C@@]2(CBr)OC[C@H](c3ccc(Cl)cc3)O2)cc1. The van der Waals surface area contributed by atoms with Crippen LogP contribution in [0.1, 0.15) is 17.2 Å². The molecule has 1 saturated heterocycles. The summed E-state index contributed by atoms with van der Waals surface area (Å²) in [6.07, 6.45) is -0.114. The zero-order chi connectivity index (χ0) is 15.6. The number of halogens is 2. The summed E-state index contributed by atoms with van der Waals surface area (Å²) >= 11 is 9.45. The molecule has 2 aromatic carbocycles. The van der Waals surface area contributed by atoms with Gasteiger partial charge in [0.25, 0.3) is 0 Å². The fraction of sp³-hybridized carbons (Fsp3) is 0.294. The largest absolute Gasteiger partial charge is 0.497 e. The maximum Gasteiger partial charge on any atom is 0.205 e. The van der Waals surface area contributed by atoms with Gasteiger partial charge in [0.1, 0.15) is 11.9 Å². The van der Waals surface area contributed by atoms with Gasteiger partial charge in [0.05, 0.1) is 19.0 Å². The van der Waals surface area contributed by atoms with E-state index < -0.39 is 5.79 Å². The Bertz CT molecular complexity index is 629. The van der Waals surface area contributed by atoms with Gasteiger partial charge < -0.3 is 14.2 Å². The standard InChI is InChI=1S/C17H16BrClO3/c1-20-15-8-4-13(5-9-15)17(11-18)21-10-16(22-17)12-2-6-14(19)7-3-12/h2-9,16H,10-11H2,1H3/t16-,17+/m1/s1. The molecule has 1 fully saturated rings. The lowest BCUT2D eigenvalue weighted by atomic mass is 10.1. The summed E-state index contributed by atoms with van der Waals surface area (Å²) in [6, 6.07) is 15.4. The van der Waals surface area contributed by atoms with E-state index >= 15 is 0 Å². The number of alkyl halides is 1. The summed E-state index contributed by atoms with van der Waals surface area (Å²) in [7, 11) is 1.65. The summed E-state index contributed by atoms with van der Waals surface area (Å²) in [6.45, 7) is 0.499. The van der Waals surface area contributed by atoms with Gasteiger partial charge in [-0.3, -0.25) is 0 Å². The Kier molecular flexibility index (Phi) is 4.73. The molecule has 116 valence electrons. The molecule has 2 atom stereocenters. The molecule has 0 bridgehead atoms. The lowest BCUT2D eigenvalue weighted by molar-refractivity contribution is -0.157. The molecule has 3 rings (SSSR count). The summed E-state index contributed by atoms with van der Waals surface area (Å²) in [5.41, 5.74) is 2.02. The number of hydrogen-bond donors (Lipinski definition) is 0. The molecule has 0 aromatic heterocycles. The molecule has 0 unspecified atom stereocenters. The summed E-state index contributed by atoms with van der Waals surface area (Å²) in [4.78, 5) is 0. The van der Waals surface area contributed by atoms with Gasteiger partial charge in [0.2, 0.25) is 5.79 Å². The van der Waals surface area contributed by atoms with Crippen molar-refractivity contribution in [3.63, 3.8) is 0 Å². The molecule has 0 saturated carbocycles. The topological polar surface area (TPSA) is 27.7 Å². The fourth-order valence-electron chi connectivity index (χ4n) is 2.49. The zero-order valence-corrected chi connectivity index (χ0v) is 14.4. The first kappa shape index (κ1) is 15.8. The summed E-state index contributed by atoms with van der Waals surface area (Å²) in [5.74, 6) is 0.0250. The molecule has 0 amide bonds. The van der Waals surface area contributed by atoms with Crippen molar-refractivity contribution in [1.82, 2.24) is 0 Å². The lowest BCUT2D eigenvalue weighted by Crippen LogP contribution is -2.29. The Balaban J connectivity index is 1.84. The second-order valence-corrected chi connectivity index (χ2v) is 6.08. The minimum Gasteiger partial charge on any atom is -0.497 e. The van der Waals surface area contributed by atoms with Crippen molar-refractivity contribution in [3.05, 3.63) is 64.7 Å². The van der Waals surface area contributed by atoms with Gasteiger partial charge in [0, 0.05) is 10.6 Å². The highest BCUT2D eigenvalue weighted by Crippen LogP contribution is 2.42. The molecule has 1 aliphatic heterocycles. The first-order valence-electron chi connectivity index (χ1n) is 6.94. The number of hydrogen-bond acceptors (Lipinski definition) is 3. The van der Waals surface area contributed by atoms with Crippen molar-refractivity contribution in [3.8, 4) is 5.75 Å². The fourth-order valence-corrected chi connectivity index (χ4v) is 3.24. The molecule has 1 heterocycles. The molecule has 2 aromatic rings. The maximum atomic E-state index is 6.23. The quantitative estimate of drug-likeness (QED) is 0.717. The van der Waals surface area contributed by atoms with E-state index in [9.17, 15) is 0 Å². The van der Waals surface area contributed by atoms with Gasteiger partial charge >= 0.3 is 0 Å². The Morgan fingerprint density at radius 3 is 2.45 bits per heavy atom. The van der Waals surface area contributed by atoms with Crippen molar-refractivity contribution in [2.24, 2.45) is 0 Å². The molecule has 5 heteroatoms. The first-order chi connectivity index (χ1) is 10.7. The van der Waals surface area contributed by atoms with E-state index in [2.05, 4.69) is 15.9 Å². The third-order valence-electron chi connectivity index (χ3n) is 3.75. The van der Waals surface area contributed by atoms with E-state index in [-0.39, 0.29) is 6.10 Å². The Hall–Kier alpha value is -1.07. The molecule has 1 aliphatic rings. The van der Waals surface area contributed by atoms with Gasteiger partial charge in [-0.2, -0.15) is 0 Å². The van der Waals surface area contributed by atoms with Crippen LogP contribution >= 0.6 is 27.5 Å². The Morgan fingerprint density at radius 1 is 1.18 bits per heavy atom. The lowest BCUT2D eigenvalue weighted by Gasteiger charge is -2.26. The van der Waals surface area contributed by atoms with Crippen molar-refractivity contribution in [2.75, 3.05) is 19.0 Å². The van der Waals surface area contributed by atoms with E-state index in [4.69, 9.17) is 25.8 Å². The highest BCUT2D eigenvalue weighted by Gasteiger charge is 2.42. The minimum absolute atomic E-state index is 0.114. The van der Waals surface area contributed by atoms with Crippen LogP contribution in [0.5, 0.6) is 5.75 Å². The second kappa shape index (κ2) is 6.59.